The van der Waals surface area contributed by atoms with Crippen molar-refractivity contribution in [1.29, 1.82) is 0 Å². The monoisotopic (exact) mass is 269 g/mol. The highest BCUT2D eigenvalue weighted by Gasteiger charge is 2.15. The van der Waals surface area contributed by atoms with Crippen LogP contribution in [-0.2, 0) is 16.0 Å². The smallest absolute Gasteiger partial charge is 0.322 e. The molecule has 0 heterocycles. The summed E-state index contributed by atoms with van der Waals surface area (Å²) in [5, 5.41) is 0. The molecule has 0 bridgehead atoms. The quantitative estimate of drug-likeness (QED) is 0.806. The van der Waals surface area contributed by atoms with E-state index in [1.807, 2.05) is 44.2 Å². The first-order chi connectivity index (χ1) is 8.09. The molecule has 0 radical (unpaired) electrons. The lowest BCUT2D eigenvalue weighted by Crippen LogP contribution is -2.33. The van der Waals surface area contributed by atoms with E-state index in [4.69, 9.17) is 10.5 Å². The predicted octanol–water partition coefficient (Wildman–Crippen LogP) is 2.26. The van der Waals surface area contributed by atoms with Gasteiger partial charge in [0.2, 0.25) is 0 Å². The molecule has 0 aliphatic heterocycles. The largest absolute Gasteiger partial charge is 0.464 e. The molecule has 3 nitrogen and oxygen atoms in total. The van der Waals surface area contributed by atoms with Gasteiger partial charge in [0.15, 0.2) is 0 Å². The number of esters is 1. The van der Waals surface area contributed by atoms with E-state index in [9.17, 15) is 4.79 Å². The fourth-order valence-electron chi connectivity index (χ4n) is 1.63. The molecule has 0 aromatic heterocycles. The molecule has 0 fully saturated rings. The normalized spacial score (nSPS) is 11.8. The maximum atomic E-state index is 11.5. The number of nitrogens with two attached hydrogens (primary N) is 1. The van der Waals surface area contributed by atoms with Gasteiger partial charge in [-0.2, -0.15) is 13.5 Å². The van der Waals surface area contributed by atoms with Gasteiger partial charge in [-0.15, -0.1) is 0 Å². The van der Waals surface area contributed by atoms with Gasteiger partial charge in [-0.3, -0.25) is 4.79 Å². The zero-order valence-corrected chi connectivity index (χ0v) is 12.1. The highest BCUT2D eigenvalue weighted by molar-refractivity contribution is 7.59. The van der Waals surface area contributed by atoms with Crippen LogP contribution in [0.25, 0.3) is 0 Å². The molecule has 0 saturated heterocycles. The molecule has 0 spiro atoms. The van der Waals surface area contributed by atoms with Crippen molar-refractivity contribution in [3.8, 4) is 0 Å². The lowest BCUT2D eigenvalue weighted by atomic mass is 10.1. The number of ether oxygens (including phenoxy) is 1. The Morgan fingerprint density at radius 1 is 1.28 bits per heavy atom. The lowest BCUT2D eigenvalue weighted by molar-refractivity contribution is -0.145. The summed E-state index contributed by atoms with van der Waals surface area (Å²) >= 11 is 0. The van der Waals surface area contributed by atoms with E-state index in [0.717, 1.165) is 12.0 Å². The summed E-state index contributed by atoms with van der Waals surface area (Å²) in [6.07, 6.45) is 1.41. The van der Waals surface area contributed by atoms with Crippen molar-refractivity contribution in [3.05, 3.63) is 35.9 Å². The number of benzene rings is 1. The van der Waals surface area contributed by atoms with Crippen LogP contribution in [0.2, 0.25) is 0 Å². The van der Waals surface area contributed by atoms with E-state index in [2.05, 4.69) is 0 Å². The first-order valence-electron chi connectivity index (χ1n) is 6.05. The van der Waals surface area contributed by atoms with Crippen LogP contribution in [-0.4, -0.2) is 18.6 Å². The van der Waals surface area contributed by atoms with Crippen LogP contribution in [0.5, 0.6) is 0 Å². The lowest BCUT2D eigenvalue weighted by Gasteiger charge is -2.13. The molecule has 0 aliphatic carbocycles. The van der Waals surface area contributed by atoms with E-state index in [-0.39, 0.29) is 19.5 Å². The number of hydrogen-bond donors (Lipinski definition) is 1. The summed E-state index contributed by atoms with van der Waals surface area (Å²) in [4.78, 5) is 11.5. The van der Waals surface area contributed by atoms with Gasteiger partial charge in [0.25, 0.3) is 0 Å². The van der Waals surface area contributed by atoms with Crippen LogP contribution in [0.4, 0.5) is 0 Å². The highest BCUT2D eigenvalue weighted by Crippen LogP contribution is 2.05. The minimum absolute atomic E-state index is 0. The summed E-state index contributed by atoms with van der Waals surface area (Å²) in [6.45, 7) is 4.48. The van der Waals surface area contributed by atoms with Crippen molar-refractivity contribution < 1.29 is 9.53 Å². The molecule has 4 heteroatoms. The van der Waals surface area contributed by atoms with Gasteiger partial charge in [-0.05, 0) is 17.9 Å². The SMILES string of the molecule is CC(C)C[C@H](N)C(=O)OCCc1ccccc1.S. The Hall–Kier alpha value is -1.00. The molecule has 0 unspecified atom stereocenters. The average molecular weight is 269 g/mol. The van der Waals surface area contributed by atoms with E-state index >= 15 is 0 Å². The van der Waals surface area contributed by atoms with Crippen molar-refractivity contribution in [3.63, 3.8) is 0 Å². The highest BCUT2D eigenvalue weighted by atomic mass is 32.1. The molecule has 102 valence electrons. The summed E-state index contributed by atoms with van der Waals surface area (Å²) in [7, 11) is 0. The second-order valence-corrected chi connectivity index (χ2v) is 4.64. The Balaban J connectivity index is 0.00000289. The topological polar surface area (TPSA) is 52.3 Å². The number of hydrogen-bond acceptors (Lipinski definition) is 3. The molecule has 1 rings (SSSR count). The fraction of sp³-hybridized carbons (Fsp3) is 0.500. The number of rotatable bonds is 6. The zero-order valence-electron chi connectivity index (χ0n) is 11.1. The van der Waals surface area contributed by atoms with E-state index in [0.29, 0.717) is 18.9 Å². The number of carbonyl (C=O) groups excluding carboxylic acids is 1. The summed E-state index contributed by atoms with van der Waals surface area (Å²) in [5.41, 5.74) is 6.89. The Kier molecular flexibility index (Phi) is 8.50. The maximum absolute atomic E-state index is 11.5. The van der Waals surface area contributed by atoms with Gasteiger partial charge in [0.1, 0.15) is 6.04 Å². The molecule has 0 saturated carbocycles. The third-order valence-electron chi connectivity index (χ3n) is 2.51. The summed E-state index contributed by atoms with van der Waals surface area (Å²) < 4.78 is 5.14. The third kappa shape index (κ3) is 6.67. The molecule has 1 aromatic carbocycles. The summed E-state index contributed by atoms with van der Waals surface area (Å²) in [5.74, 6) is 0.112. The maximum Gasteiger partial charge on any atom is 0.322 e. The zero-order chi connectivity index (χ0) is 12.7. The molecular formula is C14H23NO2S. The van der Waals surface area contributed by atoms with E-state index < -0.39 is 6.04 Å². The van der Waals surface area contributed by atoms with Crippen LogP contribution in [0, 0.1) is 5.92 Å². The Bertz CT molecular complexity index is 341. The van der Waals surface area contributed by atoms with E-state index in [1.165, 1.54) is 0 Å². The van der Waals surface area contributed by atoms with Crippen molar-refractivity contribution in [2.75, 3.05) is 6.61 Å². The number of carbonyl (C=O) groups is 1. The van der Waals surface area contributed by atoms with E-state index in [1.54, 1.807) is 0 Å². The standard InChI is InChI=1S/C14H21NO2.H2S/c1-11(2)10-13(15)14(16)17-9-8-12-6-4-3-5-7-12;/h3-7,11,13H,8-10,15H2,1-2H3;1H2/t13-;/m0./s1. The minimum Gasteiger partial charge on any atom is -0.464 e. The second kappa shape index (κ2) is 9.00. The summed E-state index contributed by atoms with van der Waals surface area (Å²) in [6, 6.07) is 9.45. The molecule has 2 N–H and O–H groups in total. The molecule has 1 atom stereocenters. The van der Waals surface area contributed by atoms with Crippen LogP contribution in [0.1, 0.15) is 25.8 Å². The molecule has 0 amide bonds. The third-order valence-corrected chi connectivity index (χ3v) is 2.51. The van der Waals surface area contributed by atoms with Crippen molar-refractivity contribution in [1.82, 2.24) is 0 Å². The van der Waals surface area contributed by atoms with Gasteiger partial charge < -0.3 is 10.5 Å². The van der Waals surface area contributed by atoms with Crippen molar-refractivity contribution in [2.24, 2.45) is 11.7 Å². The van der Waals surface area contributed by atoms with Crippen LogP contribution in [0.15, 0.2) is 30.3 Å². The van der Waals surface area contributed by atoms with Crippen LogP contribution >= 0.6 is 13.5 Å². The predicted molar refractivity (Wildman–Crippen MR) is 78.9 cm³/mol. The molecule has 1 aromatic rings. The average Bonchev–Trinajstić information content (AvgIpc) is 2.29. The molecule has 18 heavy (non-hydrogen) atoms. The van der Waals surface area contributed by atoms with Crippen LogP contribution < -0.4 is 5.73 Å². The Morgan fingerprint density at radius 2 is 1.89 bits per heavy atom. The molecular weight excluding hydrogens is 246 g/mol. The Morgan fingerprint density at radius 3 is 2.44 bits per heavy atom. The minimum atomic E-state index is -0.495. The first kappa shape index (κ1) is 17.0. The van der Waals surface area contributed by atoms with Gasteiger partial charge in [-0.25, -0.2) is 0 Å². The van der Waals surface area contributed by atoms with Gasteiger partial charge in [-0.1, -0.05) is 44.2 Å². The molecule has 0 aliphatic rings. The van der Waals surface area contributed by atoms with Gasteiger partial charge in [0.05, 0.1) is 6.61 Å². The van der Waals surface area contributed by atoms with Crippen molar-refractivity contribution in [2.45, 2.75) is 32.7 Å². The fourth-order valence-corrected chi connectivity index (χ4v) is 1.63. The van der Waals surface area contributed by atoms with Gasteiger partial charge in [0, 0.05) is 6.42 Å². The van der Waals surface area contributed by atoms with Gasteiger partial charge >= 0.3 is 5.97 Å². The second-order valence-electron chi connectivity index (χ2n) is 4.64. The Labute approximate surface area is 116 Å². The first-order valence-corrected chi connectivity index (χ1v) is 6.05. The van der Waals surface area contributed by atoms with Crippen molar-refractivity contribution >= 4 is 19.5 Å². The van der Waals surface area contributed by atoms with Crippen LogP contribution in [0.3, 0.4) is 0 Å².